The van der Waals surface area contributed by atoms with Gasteiger partial charge in [-0.15, -0.1) is 11.3 Å². The van der Waals surface area contributed by atoms with Crippen molar-refractivity contribution >= 4 is 17.1 Å². The van der Waals surface area contributed by atoms with E-state index in [0.717, 1.165) is 29.6 Å². The van der Waals surface area contributed by atoms with Crippen LogP contribution in [-0.2, 0) is 4.79 Å². The predicted molar refractivity (Wildman–Crippen MR) is 62.0 cm³/mol. The molecule has 1 heterocycles. The van der Waals surface area contributed by atoms with Crippen molar-refractivity contribution < 1.29 is 4.79 Å². The Hall–Kier alpha value is -1.14. The van der Waals surface area contributed by atoms with E-state index in [-0.39, 0.29) is 11.7 Å². The normalized spacial score (nSPS) is 32.8. The number of nitriles is 1. The van der Waals surface area contributed by atoms with Gasteiger partial charge in [-0.05, 0) is 42.5 Å². The Balaban J connectivity index is 1.75. The second-order valence-electron chi connectivity index (χ2n) is 4.90. The minimum atomic E-state index is -0.512. The highest BCUT2D eigenvalue weighted by Gasteiger charge is 2.49. The van der Waals surface area contributed by atoms with Crippen LogP contribution in [0.5, 0.6) is 0 Å². The smallest absolute Gasteiger partial charge is 0.158 e. The summed E-state index contributed by atoms with van der Waals surface area (Å²) in [5, 5.41) is 11.1. The highest BCUT2D eigenvalue weighted by atomic mass is 32.1. The van der Waals surface area contributed by atoms with Crippen molar-refractivity contribution in [3.05, 3.63) is 22.4 Å². The van der Waals surface area contributed by atoms with Gasteiger partial charge in [-0.25, -0.2) is 0 Å². The van der Waals surface area contributed by atoms with E-state index in [1.165, 1.54) is 17.8 Å². The molecule has 2 nitrogen and oxygen atoms in total. The number of thiophene rings is 1. The van der Waals surface area contributed by atoms with Crippen molar-refractivity contribution in [1.29, 1.82) is 5.26 Å². The molecule has 2 fully saturated rings. The van der Waals surface area contributed by atoms with Gasteiger partial charge in [0, 0.05) is 10.8 Å². The van der Waals surface area contributed by atoms with Gasteiger partial charge in [-0.3, -0.25) is 4.79 Å². The van der Waals surface area contributed by atoms with Crippen molar-refractivity contribution in [2.75, 3.05) is 0 Å². The molecule has 3 atom stereocenters. The number of Topliss-reactive ketones (excluding diaryl/α,β-unsaturated/α-hetero) is 1. The third-order valence-corrected chi connectivity index (χ3v) is 4.82. The number of fused-ring (bicyclic) bond motifs is 1. The van der Waals surface area contributed by atoms with E-state index in [9.17, 15) is 4.79 Å². The monoisotopic (exact) mass is 231 g/mol. The predicted octanol–water partition coefficient (Wildman–Crippen LogP) is 2.97. The van der Waals surface area contributed by atoms with Gasteiger partial charge >= 0.3 is 0 Å². The van der Waals surface area contributed by atoms with Gasteiger partial charge in [0.15, 0.2) is 5.78 Å². The number of carbonyl (C=O) groups excluding carboxylic acids is 1. The fourth-order valence-corrected chi connectivity index (χ4v) is 3.68. The molecule has 0 radical (unpaired) electrons. The molecular formula is C13H13NOS. The minimum absolute atomic E-state index is 0.162. The Morgan fingerprint density at radius 2 is 2.19 bits per heavy atom. The first kappa shape index (κ1) is 10.0. The van der Waals surface area contributed by atoms with E-state index in [1.807, 2.05) is 17.5 Å². The zero-order chi connectivity index (χ0) is 11.1. The molecule has 1 aromatic heterocycles. The molecule has 0 aromatic carbocycles. The second kappa shape index (κ2) is 3.71. The van der Waals surface area contributed by atoms with E-state index in [1.54, 1.807) is 0 Å². The van der Waals surface area contributed by atoms with Crippen LogP contribution in [0.2, 0.25) is 0 Å². The maximum atomic E-state index is 12.2. The van der Waals surface area contributed by atoms with Crippen LogP contribution in [0.1, 0.15) is 30.1 Å². The minimum Gasteiger partial charge on any atom is -0.297 e. The van der Waals surface area contributed by atoms with Crippen LogP contribution in [0.4, 0.5) is 0 Å². The van der Waals surface area contributed by atoms with Crippen molar-refractivity contribution in [3.63, 3.8) is 0 Å². The van der Waals surface area contributed by atoms with Crippen LogP contribution >= 0.6 is 11.3 Å². The maximum Gasteiger partial charge on any atom is 0.158 e. The SMILES string of the molecule is N#CC(C(=O)C1CC2CC2C1)c1cccs1. The topological polar surface area (TPSA) is 40.9 Å². The van der Waals surface area contributed by atoms with Crippen molar-refractivity contribution in [2.24, 2.45) is 17.8 Å². The van der Waals surface area contributed by atoms with Gasteiger partial charge < -0.3 is 0 Å². The molecule has 0 bridgehead atoms. The second-order valence-corrected chi connectivity index (χ2v) is 5.88. The molecule has 3 unspecified atom stereocenters. The van der Waals surface area contributed by atoms with Crippen molar-refractivity contribution in [2.45, 2.75) is 25.2 Å². The highest BCUT2D eigenvalue weighted by molar-refractivity contribution is 7.10. The fourth-order valence-electron chi connectivity index (χ4n) is 2.91. The Kier molecular flexibility index (Phi) is 2.33. The van der Waals surface area contributed by atoms with Gasteiger partial charge in [-0.2, -0.15) is 5.26 Å². The van der Waals surface area contributed by atoms with Crippen LogP contribution in [0.3, 0.4) is 0 Å². The molecule has 3 rings (SSSR count). The average Bonchev–Trinajstić information content (AvgIpc) is 2.75. The molecule has 2 saturated carbocycles. The summed E-state index contributed by atoms with van der Waals surface area (Å²) < 4.78 is 0. The summed E-state index contributed by atoms with van der Waals surface area (Å²) in [5.41, 5.74) is 0. The lowest BCUT2D eigenvalue weighted by Gasteiger charge is -2.13. The molecule has 0 saturated heterocycles. The summed E-state index contributed by atoms with van der Waals surface area (Å²) in [4.78, 5) is 13.1. The average molecular weight is 231 g/mol. The van der Waals surface area contributed by atoms with Crippen molar-refractivity contribution in [3.8, 4) is 6.07 Å². The van der Waals surface area contributed by atoms with Gasteiger partial charge in [0.1, 0.15) is 5.92 Å². The molecule has 0 spiro atoms. The third kappa shape index (κ3) is 1.58. The Morgan fingerprint density at radius 1 is 1.44 bits per heavy atom. The van der Waals surface area contributed by atoms with Gasteiger partial charge in [0.25, 0.3) is 0 Å². The summed E-state index contributed by atoms with van der Waals surface area (Å²) in [6, 6.07) is 5.97. The lowest BCUT2D eigenvalue weighted by atomic mass is 9.89. The molecule has 0 aliphatic heterocycles. The zero-order valence-corrected chi connectivity index (χ0v) is 9.74. The molecule has 3 heteroatoms. The number of hydrogen-bond donors (Lipinski definition) is 0. The standard InChI is InChI=1S/C13H13NOS/c14-7-11(12-2-1-3-16-12)13(15)10-5-8-4-9(8)6-10/h1-3,8-11H,4-6H2. The lowest BCUT2D eigenvalue weighted by molar-refractivity contribution is -0.123. The molecular weight excluding hydrogens is 218 g/mol. The van der Waals surface area contributed by atoms with Crippen molar-refractivity contribution in [1.82, 2.24) is 0 Å². The number of rotatable bonds is 3. The van der Waals surface area contributed by atoms with Crippen LogP contribution in [0.25, 0.3) is 0 Å². The molecule has 2 aliphatic rings. The number of ketones is 1. The first-order chi connectivity index (χ1) is 7.79. The molecule has 2 aliphatic carbocycles. The van der Waals surface area contributed by atoms with E-state index in [4.69, 9.17) is 5.26 Å². The first-order valence-corrected chi connectivity index (χ1v) is 6.64. The quantitative estimate of drug-likeness (QED) is 0.802. The summed E-state index contributed by atoms with van der Waals surface area (Å²) in [6.45, 7) is 0. The molecule has 1 aromatic rings. The number of nitrogens with zero attached hydrogens (tertiary/aromatic N) is 1. The third-order valence-electron chi connectivity index (χ3n) is 3.89. The van der Waals surface area contributed by atoms with Gasteiger partial charge in [-0.1, -0.05) is 6.07 Å². The maximum absolute atomic E-state index is 12.2. The largest absolute Gasteiger partial charge is 0.297 e. The summed E-state index contributed by atoms with van der Waals surface area (Å²) in [6.07, 6.45) is 3.39. The Morgan fingerprint density at radius 3 is 2.75 bits per heavy atom. The summed E-state index contributed by atoms with van der Waals surface area (Å²) in [5.74, 6) is 1.42. The first-order valence-electron chi connectivity index (χ1n) is 5.76. The van der Waals surface area contributed by atoms with E-state index in [2.05, 4.69) is 6.07 Å². The number of carbonyl (C=O) groups is 1. The molecule has 0 N–H and O–H groups in total. The Labute approximate surface area is 98.9 Å². The van der Waals surface area contributed by atoms with Crippen LogP contribution in [-0.4, -0.2) is 5.78 Å². The Bertz CT molecular complexity index is 435. The molecule has 0 amide bonds. The fraction of sp³-hybridized carbons (Fsp3) is 0.538. The van der Waals surface area contributed by atoms with Crippen LogP contribution in [0, 0.1) is 29.1 Å². The van der Waals surface area contributed by atoms with E-state index < -0.39 is 5.92 Å². The highest BCUT2D eigenvalue weighted by Crippen LogP contribution is 2.55. The van der Waals surface area contributed by atoms with Crippen LogP contribution in [0.15, 0.2) is 17.5 Å². The molecule has 16 heavy (non-hydrogen) atoms. The summed E-state index contributed by atoms with van der Waals surface area (Å²) in [7, 11) is 0. The van der Waals surface area contributed by atoms with Gasteiger partial charge in [0.05, 0.1) is 6.07 Å². The van der Waals surface area contributed by atoms with Gasteiger partial charge in [0.2, 0.25) is 0 Å². The van der Waals surface area contributed by atoms with Crippen LogP contribution < -0.4 is 0 Å². The molecule has 82 valence electrons. The number of hydrogen-bond acceptors (Lipinski definition) is 3. The lowest BCUT2D eigenvalue weighted by Crippen LogP contribution is -2.19. The van der Waals surface area contributed by atoms with E-state index >= 15 is 0 Å². The summed E-state index contributed by atoms with van der Waals surface area (Å²) >= 11 is 1.51. The zero-order valence-electron chi connectivity index (χ0n) is 8.93. The van der Waals surface area contributed by atoms with E-state index in [0.29, 0.717) is 0 Å².